The molecule has 0 radical (unpaired) electrons. The first kappa shape index (κ1) is 18.4. The zero-order chi connectivity index (χ0) is 20.6. The van der Waals surface area contributed by atoms with Gasteiger partial charge in [-0.15, -0.1) is 0 Å². The second-order valence-corrected chi connectivity index (χ2v) is 7.98. The van der Waals surface area contributed by atoms with E-state index in [9.17, 15) is 0 Å². The third-order valence-corrected chi connectivity index (χ3v) is 5.84. The molecule has 2 aromatic heterocycles. The summed E-state index contributed by atoms with van der Waals surface area (Å²) in [5.41, 5.74) is 3.60. The monoisotopic (exact) mass is 392 g/mol. The second-order valence-electron chi connectivity index (χ2n) is 7.98. The van der Waals surface area contributed by atoms with Crippen molar-refractivity contribution < 1.29 is 0 Å². The van der Waals surface area contributed by atoms with Crippen molar-refractivity contribution in [1.82, 2.24) is 14.5 Å². The van der Waals surface area contributed by atoms with Crippen LogP contribution < -0.4 is 5.32 Å². The highest BCUT2D eigenvalue weighted by molar-refractivity contribution is 5.83. The van der Waals surface area contributed by atoms with E-state index in [2.05, 4.69) is 95.6 Å². The molecule has 1 aliphatic rings. The lowest BCUT2D eigenvalue weighted by Gasteiger charge is -2.20. The van der Waals surface area contributed by atoms with Crippen LogP contribution in [0.4, 0.5) is 5.95 Å². The summed E-state index contributed by atoms with van der Waals surface area (Å²) in [5, 5.41) is 4.61. The fraction of sp³-hybridized carbons (Fsp3) is 0.154. The molecule has 0 saturated carbocycles. The molecular weight excluding hydrogens is 368 g/mol. The van der Waals surface area contributed by atoms with Gasteiger partial charge in [-0.05, 0) is 49.2 Å². The van der Waals surface area contributed by atoms with E-state index < -0.39 is 0 Å². The topological polar surface area (TPSA) is 42.7 Å². The van der Waals surface area contributed by atoms with Crippen molar-refractivity contribution in [2.75, 3.05) is 5.32 Å². The molecule has 1 aliphatic carbocycles. The van der Waals surface area contributed by atoms with Crippen LogP contribution in [0, 0.1) is 0 Å². The fourth-order valence-corrected chi connectivity index (χ4v) is 4.01. The van der Waals surface area contributed by atoms with Crippen molar-refractivity contribution in [3.8, 4) is 5.82 Å². The lowest BCUT2D eigenvalue weighted by Crippen LogP contribution is -2.13. The molecule has 0 bridgehead atoms. The third-order valence-electron chi connectivity index (χ3n) is 5.84. The molecule has 0 unspecified atom stereocenters. The summed E-state index contributed by atoms with van der Waals surface area (Å²) in [6.07, 6.45) is 12.6. The molecule has 1 atom stereocenters. The van der Waals surface area contributed by atoms with Crippen LogP contribution in [0.1, 0.15) is 31.0 Å². The number of aromatic nitrogens is 3. The number of hydrogen-bond acceptors (Lipinski definition) is 3. The highest BCUT2D eigenvalue weighted by Crippen LogP contribution is 2.33. The van der Waals surface area contributed by atoms with E-state index in [1.807, 2.05) is 24.3 Å². The van der Waals surface area contributed by atoms with E-state index in [4.69, 9.17) is 4.98 Å². The second kappa shape index (κ2) is 7.30. The van der Waals surface area contributed by atoms with Crippen LogP contribution in [0.2, 0.25) is 0 Å². The van der Waals surface area contributed by atoms with Gasteiger partial charge < -0.3 is 9.88 Å². The average molecular weight is 393 g/mol. The van der Waals surface area contributed by atoms with Crippen LogP contribution in [0.15, 0.2) is 97.4 Å². The number of benzene rings is 2. The summed E-state index contributed by atoms with van der Waals surface area (Å²) in [7, 11) is 0. The van der Waals surface area contributed by atoms with Gasteiger partial charge in [-0.2, -0.15) is 4.98 Å². The van der Waals surface area contributed by atoms with Crippen molar-refractivity contribution in [2.45, 2.75) is 25.3 Å². The van der Waals surface area contributed by atoms with Gasteiger partial charge in [0.25, 0.3) is 0 Å². The van der Waals surface area contributed by atoms with Gasteiger partial charge in [0.1, 0.15) is 5.82 Å². The highest BCUT2D eigenvalue weighted by atomic mass is 15.2. The van der Waals surface area contributed by atoms with Crippen molar-refractivity contribution >= 4 is 16.9 Å². The summed E-state index contributed by atoms with van der Waals surface area (Å²) in [4.78, 5) is 9.18. The Morgan fingerprint density at radius 2 is 1.77 bits per heavy atom. The summed E-state index contributed by atoms with van der Waals surface area (Å²) < 4.78 is 2.11. The Bertz CT molecular complexity index is 1240. The van der Waals surface area contributed by atoms with Gasteiger partial charge in [-0.3, -0.25) is 0 Å². The van der Waals surface area contributed by atoms with Crippen LogP contribution in [-0.4, -0.2) is 14.5 Å². The molecule has 2 aromatic carbocycles. The van der Waals surface area contributed by atoms with E-state index in [0.717, 1.165) is 11.3 Å². The van der Waals surface area contributed by atoms with Gasteiger partial charge in [-0.1, -0.05) is 60.7 Å². The van der Waals surface area contributed by atoms with Crippen LogP contribution >= 0.6 is 0 Å². The molecule has 148 valence electrons. The minimum absolute atomic E-state index is 0.0319. The van der Waals surface area contributed by atoms with Gasteiger partial charge in [0.2, 0.25) is 5.95 Å². The van der Waals surface area contributed by atoms with Crippen LogP contribution in [-0.2, 0) is 5.41 Å². The first-order valence-corrected chi connectivity index (χ1v) is 10.3. The Morgan fingerprint density at radius 3 is 2.57 bits per heavy atom. The minimum Gasteiger partial charge on any atom is -0.348 e. The lowest BCUT2D eigenvalue weighted by atomic mass is 9.84. The molecule has 5 rings (SSSR count). The van der Waals surface area contributed by atoms with E-state index in [1.165, 1.54) is 16.5 Å². The molecule has 4 nitrogen and oxygen atoms in total. The molecule has 0 aliphatic heterocycles. The first-order chi connectivity index (χ1) is 14.6. The normalized spacial score (nSPS) is 15.5. The molecule has 0 amide bonds. The molecule has 0 spiro atoms. The number of nitrogens with zero attached hydrogens (tertiary/aromatic N) is 3. The Labute approximate surface area is 176 Å². The van der Waals surface area contributed by atoms with Gasteiger partial charge in [-0.25, -0.2) is 4.98 Å². The number of fused-ring (bicyclic) bond motifs is 1. The maximum Gasteiger partial charge on any atom is 0.225 e. The number of nitrogens with one attached hydrogen (secondary N) is 1. The number of rotatable bonds is 5. The molecule has 0 saturated heterocycles. The van der Waals surface area contributed by atoms with Crippen molar-refractivity contribution in [2.24, 2.45) is 0 Å². The van der Waals surface area contributed by atoms with Crippen molar-refractivity contribution in [3.63, 3.8) is 0 Å². The van der Waals surface area contributed by atoms with Crippen molar-refractivity contribution in [1.29, 1.82) is 0 Å². The lowest BCUT2D eigenvalue weighted by molar-refractivity contribution is 0.771. The number of hydrogen-bond donors (Lipinski definition) is 1. The zero-order valence-electron chi connectivity index (χ0n) is 17.2. The van der Waals surface area contributed by atoms with Crippen LogP contribution in [0.25, 0.3) is 16.7 Å². The number of allylic oxidation sites excluding steroid dienone is 4. The first-order valence-electron chi connectivity index (χ1n) is 10.3. The Balaban J connectivity index is 1.45. The SMILES string of the molecule is C[C@H](Nc1nccc(-n2ccc3cc(C4(C)C=CC=C4)ccc32)n1)c1ccccc1. The Kier molecular flexibility index (Phi) is 4.47. The molecular formula is C26H24N4. The highest BCUT2D eigenvalue weighted by Gasteiger charge is 2.22. The number of anilines is 1. The van der Waals surface area contributed by atoms with E-state index in [-0.39, 0.29) is 11.5 Å². The molecule has 1 N–H and O–H groups in total. The van der Waals surface area contributed by atoms with Crippen LogP contribution in [0.3, 0.4) is 0 Å². The third kappa shape index (κ3) is 3.30. The maximum atomic E-state index is 4.76. The quantitative estimate of drug-likeness (QED) is 0.454. The zero-order valence-corrected chi connectivity index (χ0v) is 17.2. The molecule has 2 heterocycles. The average Bonchev–Trinajstić information content (AvgIpc) is 3.41. The molecule has 30 heavy (non-hydrogen) atoms. The minimum atomic E-state index is -0.0319. The molecule has 4 aromatic rings. The summed E-state index contributed by atoms with van der Waals surface area (Å²) >= 11 is 0. The predicted molar refractivity (Wildman–Crippen MR) is 123 cm³/mol. The molecule has 0 fully saturated rings. The maximum absolute atomic E-state index is 4.76. The summed E-state index contributed by atoms with van der Waals surface area (Å²) in [6, 6.07) is 21.2. The largest absolute Gasteiger partial charge is 0.348 e. The van der Waals surface area contributed by atoms with Gasteiger partial charge >= 0.3 is 0 Å². The van der Waals surface area contributed by atoms with Gasteiger partial charge in [0.15, 0.2) is 0 Å². The Morgan fingerprint density at radius 1 is 0.967 bits per heavy atom. The standard InChI is InChI=1S/C26H24N4/c1-19(20-8-4-3-5-9-20)28-25-27-16-12-24(29-25)30-17-13-21-18-22(10-11-23(21)30)26(2)14-6-7-15-26/h3-19H,1-2H3,(H,27,28,29)/t19-/m0/s1. The predicted octanol–water partition coefficient (Wildman–Crippen LogP) is 5.98. The van der Waals surface area contributed by atoms with Gasteiger partial charge in [0, 0.05) is 23.2 Å². The fourth-order valence-electron chi connectivity index (χ4n) is 4.01. The van der Waals surface area contributed by atoms with E-state index in [0.29, 0.717) is 5.95 Å². The Hall–Kier alpha value is -3.66. The molecule has 4 heteroatoms. The smallest absolute Gasteiger partial charge is 0.225 e. The van der Waals surface area contributed by atoms with E-state index in [1.54, 1.807) is 6.20 Å². The summed E-state index contributed by atoms with van der Waals surface area (Å²) in [6.45, 7) is 4.35. The summed E-state index contributed by atoms with van der Waals surface area (Å²) in [5.74, 6) is 1.47. The van der Waals surface area contributed by atoms with Crippen LogP contribution in [0.5, 0.6) is 0 Å². The van der Waals surface area contributed by atoms with Crippen molar-refractivity contribution in [3.05, 3.63) is 108 Å². The van der Waals surface area contributed by atoms with E-state index >= 15 is 0 Å². The van der Waals surface area contributed by atoms with Gasteiger partial charge in [0.05, 0.1) is 11.6 Å².